The molecule has 0 aromatic rings. The summed E-state index contributed by atoms with van der Waals surface area (Å²) in [5, 5.41) is 11.4. The Morgan fingerprint density at radius 2 is 2.17 bits per heavy atom. The summed E-state index contributed by atoms with van der Waals surface area (Å²) in [6.45, 7) is 0.581. The van der Waals surface area contributed by atoms with Gasteiger partial charge in [-0.15, -0.1) is 0 Å². The van der Waals surface area contributed by atoms with Crippen molar-refractivity contribution < 1.29 is 23.1 Å². The minimum absolute atomic E-state index is 0.0121. The third-order valence-electron chi connectivity index (χ3n) is 3.48. The lowest BCUT2D eigenvalue weighted by Gasteiger charge is -2.40. The Hall–Kier alpha value is -1.15. The van der Waals surface area contributed by atoms with E-state index in [4.69, 9.17) is 5.11 Å². The first-order valence-corrected chi connectivity index (χ1v) is 7.48. The van der Waals surface area contributed by atoms with Crippen LogP contribution in [0.15, 0.2) is 0 Å². The molecule has 0 bridgehead atoms. The molecule has 0 spiro atoms. The van der Waals surface area contributed by atoms with Gasteiger partial charge in [-0.05, 0) is 18.8 Å². The third kappa shape index (κ3) is 2.81. The lowest BCUT2D eigenvalue weighted by molar-refractivity contribution is -0.134. The summed E-state index contributed by atoms with van der Waals surface area (Å²) in [4.78, 5) is 21.7. The van der Waals surface area contributed by atoms with Gasteiger partial charge in [-0.1, -0.05) is 0 Å². The zero-order valence-corrected chi connectivity index (χ0v) is 10.6. The Kier molecular flexibility index (Phi) is 3.58. The molecule has 7 nitrogen and oxygen atoms in total. The number of nitrogens with one attached hydrogen (secondary N) is 1. The molecular weight excluding hydrogens is 260 g/mol. The molecule has 2 unspecified atom stereocenters. The molecule has 0 aromatic carbocycles. The Balaban J connectivity index is 2.03. The van der Waals surface area contributed by atoms with Crippen molar-refractivity contribution in [2.75, 3.05) is 18.8 Å². The first kappa shape index (κ1) is 13.3. The maximum atomic E-state index is 11.8. The van der Waals surface area contributed by atoms with E-state index < -0.39 is 21.7 Å². The number of nitrogens with zero attached hydrogens (tertiary/aromatic N) is 1. The molecule has 2 fully saturated rings. The second-order valence-electron chi connectivity index (χ2n) is 4.77. The summed E-state index contributed by atoms with van der Waals surface area (Å²) in [6.07, 6.45) is 1.62. The van der Waals surface area contributed by atoms with Gasteiger partial charge in [0.15, 0.2) is 5.75 Å². The van der Waals surface area contributed by atoms with Crippen LogP contribution in [0.1, 0.15) is 19.3 Å². The topological polar surface area (TPSA) is 104 Å². The van der Waals surface area contributed by atoms with Crippen molar-refractivity contribution in [3.63, 3.8) is 0 Å². The van der Waals surface area contributed by atoms with E-state index in [1.807, 2.05) is 0 Å². The van der Waals surface area contributed by atoms with E-state index >= 15 is 0 Å². The fourth-order valence-electron chi connectivity index (χ4n) is 2.58. The average molecular weight is 276 g/mol. The van der Waals surface area contributed by atoms with Gasteiger partial charge < -0.3 is 10.4 Å². The van der Waals surface area contributed by atoms with E-state index in [1.54, 1.807) is 0 Å². The molecule has 2 rings (SSSR count). The van der Waals surface area contributed by atoms with Gasteiger partial charge >= 0.3 is 5.97 Å². The van der Waals surface area contributed by atoms with Crippen LogP contribution in [0.2, 0.25) is 0 Å². The SMILES string of the molecule is O=C(O)CS(=O)(=O)N1CCC2NC(=O)CCC2C1. The number of piperidine rings is 2. The van der Waals surface area contributed by atoms with Crippen LogP contribution in [-0.4, -0.2) is 54.6 Å². The number of carboxylic acids is 1. The predicted molar refractivity (Wildman–Crippen MR) is 62.3 cm³/mol. The highest BCUT2D eigenvalue weighted by atomic mass is 32.2. The standard InChI is InChI=1S/C10H16N2O5S/c13-9-2-1-7-5-12(4-3-8(7)11-9)18(16,17)6-10(14)15/h7-8H,1-6H2,(H,11,13)(H,14,15). The van der Waals surface area contributed by atoms with E-state index in [9.17, 15) is 18.0 Å². The molecule has 1 amide bonds. The van der Waals surface area contributed by atoms with Crippen LogP contribution >= 0.6 is 0 Å². The van der Waals surface area contributed by atoms with Gasteiger partial charge in [0.1, 0.15) is 0 Å². The number of fused-ring (bicyclic) bond motifs is 1. The number of aliphatic carboxylic acids is 1. The van der Waals surface area contributed by atoms with Gasteiger partial charge in [0.2, 0.25) is 15.9 Å². The number of amides is 1. The Labute approximate surface area is 105 Å². The maximum absolute atomic E-state index is 11.8. The number of rotatable bonds is 3. The molecule has 102 valence electrons. The molecule has 0 saturated carbocycles. The van der Waals surface area contributed by atoms with Crippen molar-refractivity contribution in [3.8, 4) is 0 Å². The predicted octanol–water partition coefficient (Wildman–Crippen LogP) is -0.999. The van der Waals surface area contributed by atoms with Gasteiger partial charge in [-0.2, -0.15) is 0 Å². The van der Waals surface area contributed by atoms with Gasteiger partial charge in [0, 0.05) is 25.6 Å². The minimum Gasteiger partial charge on any atom is -0.480 e. The largest absolute Gasteiger partial charge is 0.480 e. The highest BCUT2D eigenvalue weighted by Crippen LogP contribution is 2.26. The highest BCUT2D eigenvalue weighted by molar-refractivity contribution is 7.89. The monoisotopic (exact) mass is 276 g/mol. The maximum Gasteiger partial charge on any atom is 0.320 e. The molecule has 2 atom stereocenters. The fraction of sp³-hybridized carbons (Fsp3) is 0.800. The van der Waals surface area contributed by atoms with E-state index in [1.165, 1.54) is 4.31 Å². The van der Waals surface area contributed by atoms with E-state index in [0.717, 1.165) is 0 Å². The van der Waals surface area contributed by atoms with Crippen molar-refractivity contribution in [1.82, 2.24) is 9.62 Å². The molecule has 2 heterocycles. The van der Waals surface area contributed by atoms with Crippen LogP contribution in [-0.2, 0) is 19.6 Å². The molecule has 2 N–H and O–H groups in total. The number of sulfonamides is 1. The van der Waals surface area contributed by atoms with Crippen molar-refractivity contribution in [2.45, 2.75) is 25.3 Å². The smallest absolute Gasteiger partial charge is 0.320 e. The molecule has 2 aliphatic rings. The minimum atomic E-state index is -3.73. The van der Waals surface area contributed by atoms with Crippen molar-refractivity contribution in [3.05, 3.63) is 0 Å². The summed E-state index contributed by atoms with van der Waals surface area (Å²) >= 11 is 0. The molecule has 0 aromatic heterocycles. The molecular formula is C10H16N2O5S. The first-order chi connectivity index (χ1) is 8.38. The molecule has 0 aliphatic carbocycles. The molecule has 0 radical (unpaired) electrons. The zero-order chi connectivity index (χ0) is 13.3. The van der Waals surface area contributed by atoms with Crippen LogP contribution in [0.5, 0.6) is 0 Å². The van der Waals surface area contributed by atoms with Gasteiger partial charge in [0.05, 0.1) is 0 Å². The van der Waals surface area contributed by atoms with Crippen LogP contribution in [0.3, 0.4) is 0 Å². The highest BCUT2D eigenvalue weighted by Gasteiger charge is 2.38. The summed E-state index contributed by atoms with van der Waals surface area (Å²) in [5.74, 6) is -2.09. The lowest BCUT2D eigenvalue weighted by Crippen LogP contribution is -2.55. The second-order valence-corrected chi connectivity index (χ2v) is 6.74. The normalized spacial score (nSPS) is 29.4. The molecule has 2 aliphatic heterocycles. The van der Waals surface area contributed by atoms with Crippen LogP contribution < -0.4 is 5.32 Å². The Bertz CT molecular complexity index is 461. The number of hydrogen-bond acceptors (Lipinski definition) is 4. The van der Waals surface area contributed by atoms with E-state index in [-0.39, 0.29) is 24.4 Å². The Morgan fingerprint density at radius 3 is 2.83 bits per heavy atom. The molecule has 8 heteroatoms. The van der Waals surface area contributed by atoms with E-state index in [2.05, 4.69) is 5.32 Å². The van der Waals surface area contributed by atoms with Crippen molar-refractivity contribution >= 4 is 21.9 Å². The van der Waals surface area contributed by atoms with Crippen molar-refractivity contribution in [1.29, 1.82) is 0 Å². The summed E-state index contributed by atoms with van der Waals surface area (Å²) in [6, 6.07) is 0.0301. The zero-order valence-electron chi connectivity index (χ0n) is 9.83. The lowest BCUT2D eigenvalue weighted by atomic mass is 9.86. The average Bonchev–Trinajstić information content (AvgIpc) is 2.26. The first-order valence-electron chi connectivity index (χ1n) is 5.87. The summed E-state index contributed by atoms with van der Waals surface area (Å²) in [7, 11) is -3.73. The summed E-state index contributed by atoms with van der Waals surface area (Å²) in [5.41, 5.74) is 0. The van der Waals surface area contributed by atoms with Crippen LogP contribution in [0.25, 0.3) is 0 Å². The van der Waals surface area contributed by atoms with Crippen molar-refractivity contribution in [2.24, 2.45) is 5.92 Å². The van der Waals surface area contributed by atoms with E-state index in [0.29, 0.717) is 25.8 Å². The Morgan fingerprint density at radius 1 is 1.44 bits per heavy atom. The second kappa shape index (κ2) is 4.85. The quantitative estimate of drug-likeness (QED) is 0.688. The number of carbonyl (C=O) groups excluding carboxylic acids is 1. The van der Waals surface area contributed by atoms with Gasteiger partial charge in [-0.3, -0.25) is 9.59 Å². The third-order valence-corrected chi connectivity index (χ3v) is 5.21. The molecule has 18 heavy (non-hydrogen) atoms. The van der Waals surface area contributed by atoms with Crippen LogP contribution in [0, 0.1) is 5.92 Å². The van der Waals surface area contributed by atoms with Gasteiger partial charge in [0.25, 0.3) is 0 Å². The number of carbonyl (C=O) groups is 2. The van der Waals surface area contributed by atoms with Gasteiger partial charge in [-0.25, -0.2) is 12.7 Å². The molecule has 2 saturated heterocycles. The fourth-order valence-corrected chi connectivity index (χ4v) is 3.87. The van der Waals surface area contributed by atoms with Crippen LogP contribution in [0.4, 0.5) is 0 Å². The summed E-state index contributed by atoms with van der Waals surface area (Å²) < 4.78 is 24.8. The number of carboxylic acid groups (broad SMARTS) is 1. The number of hydrogen-bond donors (Lipinski definition) is 2.